The molecule has 2 rings (SSSR count). The van der Waals surface area contributed by atoms with Gasteiger partial charge in [0.25, 0.3) is 0 Å². The zero-order valence-corrected chi connectivity index (χ0v) is 10.4. The molecule has 1 N–H and O–H groups in total. The highest BCUT2D eigenvalue weighted by Crippen LogP contribution is 2.24. The van der Waals surface area contributed by atoms with Crippen LogP contribution in [-0.2, 0) is 0 Å². The van der Waals surface area contributed by atoms with Gasteiger partial charge in [-0.15, -0.1) is 0 Å². The molecule has 1 atom stereocenters. The number of aromatic nitrogens is 2. The lowest BCUT2D eigenvalue weighted by molar-refractivity contribution is 0.209. The fraction of sp³-hybridized carbons (Fsp3) is 0.231. The molecule has 0 aliphatic rings. The maximum absolute atomic E-state index is 10.1. The molecule has 3 nitrogen and oxygen atoms in total. The van der Waals surface area contributed by atoms with Crippen LogP contribution in [0, 0.1) is 13.8 Å². The lowest BCUT2D eigenvalue weighted by atomic mass is 10.1. The van der Waals surface area contributed by atoms with E-state index in [1.807, 2.05) is 26.0 Å². The minimum atomic E-state index is -0.839. The van der Waals surface area contributed by atoms with Gasteiger partial charge in [-0.05, 0) is 36.6 Å². The molecule has 4 heteroatoms. The maximum atomic E-state index is 10.1. The first-order valence-corrected chi connectivity index (χ1v) is 5.68. The van der Waals surface area contributed by atoms with Crippen LogP contribution in [0.1, 0.15) is 28.6 Å². The summed E-state index contributed by atoms with van der Waals surface area (Å²) in [6.07, 6.45) is 2.52. The summed E-state index contributed by atoms with van der Waals surface area (Å²) in [5.41, 5.74) is 2.64. The first-order chi connectivity index (χ1) is 8.08. The van der Waals surface area contributed by atoms with E-state index in [2.05, 4.69) is 9.97 Å². The summed E-state index contributed by atoms with van der Waals surface area (Å²) in [4.78, 5) is 8.20. The zero-order chi connectivity index (χ0) is 12.4. The number of rotatable bonds is 2. The molecule has 88 valence electrons. The van der Waals surface area contributed by atoms with Crippen LogP contribution in [0.15, 0.2) is 30.6 Å². The molecule has 0 fully saturated rings. The van der Waals surface area contributed by atoms with Crippen molar-refractivity contribution in [3.8, 4) is 0 Å². The van der Waals surface area contributed by atoms with Crippen LogP contribution >= 0.6 is 11.6 Å². The van der Waals surface area contributed by atoms with Crippen LogP contribution < -0.4 is 0 Å². The van der Waals surface area contributed by atoms with Gasteiger partial charge >= 0.3 is 0 Å². The van der Waals surface area contributed by atoms with Gasteiger partial charge < -0.3 is 5.11 Å². The Morgan fingerprint density at radius 1 is 1.18 bits per heavy atom. The van der Waals surface area contributed by atoms with Crippen molar-refractivity contribution in [1.29, 1.82) is 0 Å². The van der Waals surface area contributed by atoms with Crippen LogP contribution in [-0.4, -0.2) is 15.1 Å². The third-order valence-corrected chi connectivity index (χ3v) is 2.96. The Labute approximate surface area is 105 Å². The third kappa shape index (κ3) is 2.62. The monoisotopic (exact) mass is 248 g/mol. The van der Waals surface area contributed by atoms with Crippen molar-refractivity contribution in [2.75, 3.05) is 0 Å². The number of aliphatic hydroxyl groups excluding tert-OH is 1. The second-order valence-corrected chi connectivity index (χ2v) is 4.44. The predicted octanol–water partition coefficient (Wildman–Crippen LogP) is 2.83. The van der Waals surface area contributed by atoms with Crippen molar-refractivity contribution in [2.45, 2.75) is 20.0 Å². The average Bonchev–Trinajstić information content (AvgIpc) is 2.33. The number of aryl methyl sites for hydroxylation is 2. The molecule has 2 aromatic rings. The van der Waals surface area contributed by atoms with E-state index in [1.54, 1.807) is 18.5 Å². The molecule has 0 aliphatic carbocycles. The average molecular weight is 249 g/mol. The van der Waals surface area contributed by atoms with Crippen molar-refractivity contribution in [1.82, 2.24) is 9.97 Å². The predicted molar refractivity (Wildman–Crippen MR) is 67.0 cm³/mol. The van der Waals surface area contributed by atoms with Crippen LogP contribution in [0.25, 0.3) is 0 Å². The second-order valence-electron chi connectivity index (χ2n) is 4.03. The molecule has 1 heterocycles. The number of aliphatic hydroxyl groups is 1. The van der Waals surface area contributed by atoms with E-state index in [-0.39, 0.29) is 0 Å². The van der Waals surface area contributed by atoms with E-state index in [0.717, 1.165) is 11.1 Å². The van der Waals surface area contributed by atoms with Crippen LogP contribution in [0.5, 0.6) is 0 Å². The van der Waals surface area contributed by atoms with Gasteiger partial charge in [0, 0.05) is 17.4 Å². The Kier molecular flexibility index (Phi) is 3.41. The molecule has 0 spiro atoms. The molecule has 1 aromatic heterocycles. The fourth-order valence-electron chi connectivity index (χ4n) is 1.47. The Balaban J connectivity index is 2.33. The summed E-state index contributed by atoms with van der Waals surface area (Å²) in [5, 5.41) is 10.7. The molecule has 0 saturated carbocycles. The maximum Gasteiger partial charge on any atom is 0.161 e. The minimum absolute atomic E-state index is 0.385. The number of hydrogen-bond acceptors (Lipinski definition) is 3. The Bertz CT molecular complexity index is 525. The normalized spacial score (nSPS) is 12.5. The highest BCUT2D eigenvalue weighted by Gasteiger charge is 2.13. The molecular weight excluding hydrogens is 236 g/mol. The summed E-state index contributed by atoms with van der Waals surface area (Å²) < 4.78 is 0. The molecule has 0 amide bonds. The van der Waals surface area contributed by atoms with E-state index in [0.29, 0.717) is 16.4 Å². The van der Waals surface area contributed by atoms with Crippen molar-refractivity contribution < 1.29 is 5.11 Å². The molecule has 0 aliphatic heterocycles. The smallest absolute Gasteiger partial charge is 0.161 e. The van der Waals surface area contributed by atoms with E-state index in [1.165, 1.54) is 0 Å². The van der Waals surface area contributed by atoms with Gasteiger partial charge in [-0.3, -0.25) is 0 Å². The molecule has 0 bridgehead atoms. The van der Waals surface area contributed by atoms with Gasteiger partial charge in [-0.25, -0.2) is 9.97 Å². The topological polar surface area (TPSA) is 46.0 Å². The highest BCUT2D eigenvalue weighted by atomic mass is 35.5. The molecular formula is C13H13ClN2O. The molecule has 1 aromatic carbocycles. The SMILES string of the molecule is Cc1cnc(C(O)c2ccc(C)c(Cl)c2)nc1. The summed E-state index contributed by atoms with van der Waals surface area (Å²) in [6, 6.07) is 5.44. The van der Waals surface area contributed by atoms with Gasteiger partial charge in [0.2, 0.25) is 0 Å². The number of benzene rings is 1. The summed E-state index contributed by atoms with van der Waals surface area (Å²) in [6.45, 7) is 3.82. The van der Waals surface area contributed by atoms with Gasteiger partial charge in [-0.1, -0.05) is 23.7 Å². The summed E-state index contributed by atoms with van der Waals surface area (Å²) >= 11 is 6.02. The lowest BCUT2D eigenvalue weighted by Gasteiger charge is -2.10. The van der Waals surface area contributed by atoms with E-state index >= 15 is 0 Å². The largest absolute Gasteiger partial charge is 0.380 e. The van der Waals surface area contributed by atoms with Gasteiger partial charge in [0.1, 0.15) is 6.10 Å². The van der Waals surface area contributed by atoms with E-state index < -0.39 is 6.10 Å². The Morgan fingerprint density at radius 3 is 2.41 bits per heavy atom. The Morgan fingerprint density at radius 2 is 1.82 bits per heavy atom. The van der Waals surface area contributed by atoms with Gasteiger partial charge in [0.15, 0.2) is 5.82 Å². The highest BCUT2D eigenvalue weighted by molar-refractivity contribution is 6.31. The van der Waals surface area contributed by atoms with Crippen LogP contribution in [0.3, 0.4) is 0 Å². The van der Waals surface area contributed by atoms with Gasteiger partial charge in [-0.2, -0.15) is 0 Å². The molecule has 0 saturated heterocycles. The third-order valence-electron chi connectivity index (χ3n) is 2.56. The van der Waals surface area contributed by atoms with E-state index in [9.17, 15) is 5.11 Å². The number of nitrogens with zero attached hydrogens (tertiary/aromatic N) is 2. The van der Waals surface area contributed by atoms with Crippen molar-refractivity contribution in [3.05, 3.63) is 58.1 Å². The number of halogens is 1. The lowest BCUT2D eigenvalue weighted by Crippen LogP contribution is -2.05. The minimum Gasteiger partial charge on any atom is -0.380 e. The Hall–Kier alpha value is -1.45. The standard InChI is InChI=1S/C13H13ClN2O/c1-8-6-15-13(16-7-8)12(17)10-4-3-9(2)11(14)5-10/h3-7,12,17H,1-2H3. The second kappa shape index (κ2) is 4.82. The first kappa shape index (κ1) is 12.0. The molecule has 17 heavy (non-hydrogen) atoms. The van der Waals surface area contributed by atoms with Crippen LogP contribution in [0.4, 0.5) is 0 Å². The first-order valence-electron chi connectivity index (χ1n) is 5.30. The van der Waals surface area contributed by atoms with Crippen molar-refractivity contribution >= 4 is 11.6 Å². The number of hydrogen-bond donors (Lipinski definition) is 1. The summed E-state index contributed by atoms with van der Waals surface area (Å²) in [7, 11) is 0. The van der Waals surface area contributed by atoms with Gasteiger partial charge in [0.05, 0.1) is 0 Å². The van der Waals surface area contributed by atoms with Crippen LogP contribution in [0.2, 0.25) is 5.02 Å². The fourth-order valence-corrected chi connectivity index (χ4v) is 1.66. The summed E-state index contributed by atoms with van der Waals surface area (Å²) in [5.74, 6) is 0.385. The van der Waals surface area contributed by atoms with Crippen molar-refractivity contribution in [3.63, 3.8) is 0 Å². The molecule has 1 unspecified atom stereocenters. The van der Waals surface area contributed by atoms with Crippen molar-refractivity contribution in [2.24, 2.45) is 0 Å². The molecule has 0 radical (unpaired) electrons. The zero-order valence-electron chi connectivity index (χ0n) is 9.68. The van der Waals surface area contributed by atoms with E-state index in [4.69, 9.17) is 11.6 Å². The quantitative estimate of drug-likeness (QED) is 0.889.